The highest BCUT2D eigenvalue weighted by atomic mass is 35.5. The Morgan fingerprint density at radius 1 is 0.477 bits per heavy atom. The average molecular weight is 741 g/mol. The largest absolute Gasteiger partial charge is 0.309 e. The van der Waals surface area contributed by atoms with Gasteiger partial charge >= 0.3 is 0 Å². The molecule has 0 bridgehead atoms. The maximum absolute atomic E-state index is 7.19. The van der Waals surface area contributed by atoms with Gasteiger partial charge in [0.1, 0.15) is 0 Å². The summed E-state index contributed by atoms with van der Waals surface area (Å²) < 4.78 is 2.19. The van der Waals surface area contributed by atoms with E-state index in [1.54, 1.807) is 24.3 Å². The van der Waals surface area contributed by atoms with Crippen LogP contribution >= 0.6 is 92.8 Å². The first-order chi connectivity index (χ1) is 21.0. The molecule has 0 saturated carbocycles. The molecule has 0 radical (unpaired) electrons. The zero-order valence-corrected chi connectivity index (χ0v) is 29.4. The molecule has 1 aromatic heterocycles. The number of hydrogen-bond acceptors (Lipinski definition) is 0. The Balaban J connectivity index is 1.64. The zero-order valence-electron chi connectivity index (χ0n) is 23.4. The molecule has 0 spiro atoms. The normalized spacial score (nSPS) is 11.8. The molecule has 0 unspecified atom stereocenters. The first-order valence-electron chi connectivity index (χ1n) is 13.9. The van der Waals surface area contributed by atoms with Gasteiger partial charge < -0.3 is 4.57 Å². The molecule has 0 saturated heterocycles. The third-order valence-corrected chi connectivity index (χ3v) is 10.3. The minimum Gasteiger partial charge on any atom is -0.309 e. The van der Waals surface area contributed by atoms with E-state index in [0.29, 0.717) is 56.9 Å². The molecular weight excluding hydrogens is 718 g/mol. The van der Waals surface area contributed by atoms with E-state index < -0.39 is 5.92 Å². The molecule has 0 amide bonds. The summed E-state index contributed by atoms with van der Waals surface area (Å²) in [6, 6.07) is 23.4. The quantitative estimate of drug-likeness (QED) is 0.150. The highest BCUT2D eigenvalue weighted by Gasteiger charge is 2.31. The minimum absolute atomic E-state index is 0.312. The van der Waals surface area contributed by atoms with Crippen LogP contribution in [0.5, 0.6) is 0 Å². The van der Waals surface area contributed by atoms with Crippen molar-refractivity contribution in [3.8, 4) is 5.69 Å². The van der Waals surface area contributed by atoms with Crippen LogP contribution in [0.1, 0.15) is 47.6 Å². The van der Waals surface area contributed by atoms with Crippen molar-refractivity contribution < 1.29 is 0 Å². The Morgan fingerprint density at radius 2 is 0.818 bits per heavy atom. The van der Waals surface area contributed by atoms with Gasteiger partial charge in [-0.2, -0.15) is 0 Å². The maximum atomic E-state index is 7.19. The van der Waals surface area contributed by atoms with Crippen LogP contribution in [0, 0.1) is 0 Å². The number of aryl methyl sites for hydroxylation is 2. The first-order valence-corrected chi connectivity index (χ1v) is 16.9. The van der Waals surface area contributed by atoms with Gasteiger partial charge in [0, 0.05) is 79.2 Å². The second kappa shape index (κ2) is 12.8. The van der Waals surface area contributed by atoms with Gasteiger partial charge in [-0.25, -0.2) is 0 Å². The van der Waals surface area contributed by atoms with Crippen LogP contribution in [-0.2, 0) is 12.8 Å². The summed E-state index contributed by atoms with van der Waals surface area (Å²) in [5.41, 5.74) is 6.99. The molecule has 0 aliphatic rings. The number of nitrogens with zero attached hydrogens (tertiary/aromatic N) is 1. The van der Waals surface area contributed by atoms with E-state index in [4.69, 9.17) is 92.8 Å². The molecule has 1 nitrogen and oxygen atoms in total. The van der Waals surface area contributed by atoms with Crippen LogP contribution in [0.3, 0.4) is 0 Å². The van der Waals surface area contributed by atoms with Crippen molar-refractivity contribution in [2.24, 2.45) is 0 Å². The van der Waals surface area contributed by atoms with Crippen molar-refractivity contribution in [3.63, 3.8) is 0 Å². The van der Waals surface area contributed by atoms with E-state index in [9.17, 15) is 0 Å². The molecule has 6 aromatic rings. The van der Waals surface area contributed by atoms with Crippen LogP contribution in [0.4, 0.5) is 0 Å². The van der Waals surface area contributed by atoms with E-state index in [0.717, 1.165) is 29.6 Å². The van der Waals surface area contributed by atoms with E-state index in [2.05, 4.69) is 54.8 Å². The molecular formula is C35H23Cl8N. The standard InChI is InChI=1S/C35H23Cl8N/c1-3-17-5-7-30-22(9-17)23-10-18(4-2)6-8-31(23)44(30)21-15-28(42)34(29(43)16-21)35(32-24(38)11-19(36)12-25(32)39)33-26(40)13-20(37)14-27(33)41/h5-16,35H,3-4H2,1-2H3. The van der Waals surface area contributed by atoms with Crippen LogP contribution in [0.2, 0.25) is 40.2 Å². The van der Waals surface area contributed by atoms with Crippen molar-refractivity contribution in [2.75, 3.05) is 0 Å². The van der Waals surface area contributed by atoms with Gasteiger partial charge in [0.15, 0.2) is 0 Å². The second-order valence-corrected chi connectivity index (χ2v) is 13.9. The number of halogens is 8. The lowest BCUT2D eigenvalue weighted by molar-refractivity contribution is 0.976. The number of aromatic nitrogens is 1. The lowest BCUT2D eigenvalue weighted by Crippen LogP contribution is -2.09. The third-order valence-electron chi connectivity index (χ3n) is 7.99. The highest BCUT2D eigenvalue weighted by molar-refractivity contribution is 6.42. The van der Waals surface area contributed by atoms with Crippen LogP contribution < -0.4 is 0 Å². The zero-order chi connectivity index (χ0) is 31.4. The van der Waals surface area contributed by atoms with Crippen molar-refractivity contribution in [2.45, 2.75) is 32.6 Å². The van der Waals surface area contributed by atoms with Gasteiger partial charge in [0.05, 0.1) is 11.0 Å². The molecule has 0 aliphatic heterocycles. The number of fused-ring (bicyclic) bond motifs is 3. The summed E-state index contributed by atoms with van der Waals surface area (Å²) in [5.74, 6) is -0.740. The van der Waals surface area contributed by atoms with Gasteiger partial charge in [-0.3, -0.25) is 0 Å². The van der Waals surface area contributed by atoms with Gasteiger partial charge in [-0.05, 0) is 84.6 Å². The fraction of sp³-hybridized carbons (Fsp3) is 0.143. The average Bonchev–Trinajstić information content (AvgIpc) is 3.28. The molecule has 0 atom stereocenters. The minimum atomic E-state index is -0.740. The van der Waals surface area contributed by atoms with Crippen LogP contribution in [0.25, 0.3) is 27.5 Å². The fourth-order valence-electron chi connectivity index (χ4n) is 5.90. The number of hydrogen-bond donors (Lipinski definition) is 0. The molecule has 5 aromatic carbocycles. The van der Waals surface area contributed by atoms with Crippen molar-refractivity contribution in [3.05, 3.63) is 141 Å². The summed E-state index contributed by atoms with van der Waals surface area (Å²) in [5, 5.41) is 5.11. The molecule has 224 valence electrons. The van der Waals surface area contributed by atoms with Gasteiger partial charge in [-0.1, -0.05) is 119 Å². The Bertz CT molecular complexity index is 1910. The lowest BCUT2D eigenvalue weighted by atomic mass is 9.84. The molecule has 0 aliphatic carbocycles. The maximum Gasteiger partial charge on any atom is 0.0541 e. The molecule has 9 heteroatoms. The van der Waals surface area contributed by atoms with Crippen molar-refractivity contribution in [1.82, 2.24) is 4.57 Å². The molecule has 1 heterocycles. The van der Waals surface area contributed by atoms with E-state index in [1.807, 2.05) is 12.1 Å². The van der Waals surface area contributed by atoms with Crippen LogP contribution in [0.15, 0.2) is 72.8 Å². The topological polar surface area (TPSA) is 4.93 Å². The summed E-state index contributed by atoms with van der Waals surface area (Å²) in [6.07, 6.45) is 1.88. The van der Waals surface area contributed by atoms with E-state index >= 15 is 0 Å². The first kappa shape index (κ1) is 32.2. The predicted molar refractivity (Wildman–Crippen MR) is 193 cm³/mol. The summed E-state index contributed by atoms with van der Waals surface area (Å²) in [7, 11) is 0. The third kappa shape index (κ3) is 5.70. The molecule has 44 heavy (non-hydrogen) atoms. The van der Waals surface area contributed by atoms with E-state index in [-0.39, 0.29) is 0 Å². The lowest BCUT2D eigenvalue weighted by Gasteiger charge is -2.26. The SMILES string of the molecule is CCc1ccc2c(c1)c1cc(CC)ccc1n2-c1cc(Cl)c(C(c2c(Cl)cc(Cl)cc2Cl)c2c(Cl)cc(Cl)cc2Cl)c(Cl)c1. The highest BCUT2D eigenvalue weighted by Crippen LogP contribution is 2.50. The van der Waals surface area contributed by atoms with Crippen LogP contribution in [-0.4, -0.2) is 4.57 Å². The molecule has 0 N–H and O–H groups in total. The number of rotatable bonds is 6. The smallest absolute Gasteiger partial charge is 0.0541 e. The molecule has 0 fully saturated rings. The Hall–Kier alpha value is -1.78. The predicted octanol–water partition coefficient (Wildman–Crippen LogP) is 14.3. The van der Waals surface area contributed by atoms with Gasteiger partial charge in [-0.15, -0.1) is 0 Å². The van der Waals surface area contributed by atoms with Crippen molar-refractivity contribution >= 4 is 115 Å². The Kier molecular flexibility index (Phi) is 9.35. The molecule has 6 rings (SSSR count). The van der Waals surface area contributed by atoms with Crippen molar-refractivity contribution in [1.29, 1.82) is 0 Å². The second-order valence-electron chi connectivity index (χ2n) is 10.6. The van der Waals surface area contributed by atoms with Gasteiger partial charge in [0.2, 0.25) is 0 Å². The fourth-order valence-corrected chi connectivity index (χ4v) is 8.67. The monoisotopic (exact) mass is 737 g/mol. The summed E-state index contributed by atoms with van der Waals surface area (Å²) in [6.45, 7) is 4.32. The summed E-state index contributed by atoms with van der Waals surface area (Å²) >= 11 is 54.1. The Labute approximate surface area is 296 Å². The summed E-state index contributed by atoms with van der Waals surface area (Å²) in [4.78, 5) is 0. The van der Waals surface area contributed by atoms with Gasteiger partial charge in [0.25, 0.3) is 0 Å². The Morgan fingerprint density at radius 3 is 1.16 bits per heavy atom. The van der Waals surface area contributed by atoms with E-state index in [1.165, 1.54) is 21.9 Å². The number of benzene rings is 5.